The van der Waals surface area contributed by atoms with Gasteiger partial charge in [-0.05, 0) is 44.1 Å². The van der Waals surface area contributed by atoms with Gasteiger partial charge in [-0.1, -0.05) is 6.07 Å². The van der Waals surface area contributed by atoms with Crippen LogP contribution in [0.4, 0.5) is 17.6 Å². The van der Waals surface area contributed by atoms with Crippen molar-refractivity contribution in [3.63, 3.8) is 0 Å². The van der Waals surface area contributed by atoms with E-state index in [1.807, 2.05) is 4.90 Å². The van der Waals surface area contributed by atoms with E-state index >= 15 is 0 Å². The molecule has 1 aromatic carbocycles. The summed E-state index contributed by atoms with van der Waals surface area (Å²) >= 11 is 0. The lowest BCUT2D eigenvalue weighted by Crippen LogP contribution is -2.43. The molecule has 0 aromatic heterocycles. The van der Waals surface area contributed by atoms with E-state index in [1.165, 1.54) is 6.07 Å². The van der Waals surface area contributed by atoms with Crippen molar-refractivity contribution < 1.29 is 17.6 Å². The maximum Gasteiger partial charge on any atom is 0.416 e. The molecule has 0 amide bonds. The van der Waals surface area contributed by atoms with Crippen LogP contribution < -0.4 is 5.32 Å². The number of likely N-dealkylation sites (N-methyl/N-ethyl adjacent to an activating group) is 1. The summed E-state index contributed by atoms with van der Waals surface area (Å²) in [6.45, 7) is 1.90. The highest BCUT2D eigenvalue weighted by atomic mass is 19.4. The molecule has 1 N–H and O–H groups in total. The first-order valence-electron chi connectivity index (χ1n) is 6.64. The van der Waals surface area contributed by atoms with Crippen LogP contribution in [-0.4, -0.2) is 31.1 Å². The van der Waals surface area contributed by atoms with E-state index in [0.717, 1.165) is 32.0 Å². The summed E-state index contributed by atoms with van der Waals surface area (Å²) in [4.78, 5) is 1.90. The third kappa shape index (κ3) is 3.70. The van der Waals surface area contributed by atoms with Gasteiger partial charge in [0.2, 0.25) is 0 Å². The Labute approximate surface area is 115 Å². The highest BCUT2D eigenvalue weighted by Gasteiger charge is 2.34. The second kappa shape index (κ2) is 6.10. The Hall–Kier alpha value is -1.14. The highest BCUT2D eigenvalue weighted by Crippen LogP contribution is 2.33. The third-order valence-electron chi connectivity index (χ3n) is 3.69. The summed E-state index contributed by atoms with van der Waals surface area (Å²) in [6, 6.07) is 3.10. The zero-order chi connectivity index (χ0) is 14.8. The minimum absolute atomic E-state index is 0.118. The van der Waals surface area contributed by atoms with Gasteiger partial charge in [0, 0.05) is 19.1 Å². The number of hydrogen-bond donors (Lipinski definition) is 1. The minimum atomic E-state index is -4.52. The topological polar surface area (TPSA) is 15.3 Å². The lowest BCUT2D eigenvalue weighted by Gasteiger charge is -2.32. The zero-order valence-corrected chi connectivity index (χ0v) is 11.3. The van der Waals surface area contributed by atoms with E-state index in [0.29, 0.717) is 6.07 Å². The molecular formula is C14H18F4N2. The van der Waals surface area contributed by atoms with Crippen LogP contribution in [0.15, 0.2) is 18.2 Å². The Morgan fingerprint density at radius 1 is 1.35 bits per heavy atom. The molecular weight excluding hydrogens is 272 g/mol. The molecule has 2 nitrogen and oxygen atoms in total. The molecule has 1 fully saturated rings. The Kier molecular flexibility index (Phi) is 4.65. The number of alkyl halides is 3. The third-order valence-corrected chi connectivity index (χ3v) is 3.69. The maximum atomic E-state index is 13.0. The molecule has 1 aliphatic heterocycles. The monoisotopic (exact) mass is 290 g/mol. The Balaban J connectivity index is 2.16. The van der Waals surface area contributed by atoms with Gasteiger partial charge in [0.15, 0.2) is 0 Å². The van der Waals surface area contributed by atoms with Crippen LogP contribution in [0.3, 0.4) is 0 Å². The SMILES string of the molecule is CN(Cc1ccc(F)cc1C(F)(F)F)C1CCCNC1. The molecule has 20 heavy (non-hydrogen) atoms. The molecule has 1 atom stereocenters. The first-order chi connectivity index (χ1) is 9.38. The summed E-state index contributed by atoms with van der Waals surface area (Å²) in [5.74, 6) is -0.858. The van der Waals surface area contributed by atoms with Crippen molar-refractivity contribution in [1.29, 1.82) is 0 Å². The molecule has 112 valence electrons. The van der Waals surface area contributed by atoms with E-state index in [1.54, 1.807) is 7.05 Å². The van der Waals surface area contributed by atoms with Gasteiger partial charge in [-0.25, -0.2) is 4.39 Å². The van der Waals surface area contributed by atoms with Crippen LogP contribution in [-0.2, 0) is 12.7 Å². The van der Waals surface area contributed by atoms with Gasteiger partial charge in [-0.15, -0.1) is 0 Å². The molecule has 1 aromatic rings. The van der Waals surface area contributed by atoms with Gasteiger partial charge in [-0.3, -0.25) is 4.90 Å². The smallest absolute Gasteiger partial charge is 0.315 e. The van der Waals surface area contributed by atoms with E-state index in [2.05, 4.69) is 5.32 Å². The van der Waals surface area contributed by atoms with Crippen molar-refractivity contribution in [2.24, 2.45) is 0 Å². The molecule has 0 spiro atoms. The van der Waals surface area contributed by atoms with Crippen LogP contribution in [0.5, 0.6) is 0 Å². The van der Waals surface area contributed by atoms with Gasteiger partial charge in [0.1, 0.15) is 5.82 Å². The minimum Gasteiger partial charge on any atom is -0.315 e. The average molecular weight is 290 g/mol. The van der Waals surface area contributed by atoms with Gasteiger partial charge in [-0.2, -0.15) is 13.2 Å². The first-order valence-corrected chi connectivity index (χ1v) is 6.64. The van der Waals surface area contributed by atoms with Crippen molar-refractivity contribution in [3.05, 3.63) is 35.1 Å². The second-order valence-electron chi connectivity index (χ2n) is 5.21. The summed E-state index contributed by atoms with van der Waals surface area (Å²) in [6.07, 6.45) is -2.54. The zero-order valence-electron chi connectivity index (χ0n) is 11.3. The van der Waals surface area contributed by atoms with Crippen LogP contribution in [0.1, 0.15) is 24.0 Å². The van der Waals surface area contributed by atoms with E-state index < -0.39 is 17.6 Å². The standard InChI is InChI=1S/C14H18F4N2/c1-20(12-3-2-6-19-8-12)9-10-4-5-11(15)7-13(10)14(16,17)18/h4-5,7,12,19H,2-3,6,8-9H2,1H3. The van der Waals surface area contributed by atoms with E-state index in [9.17, 15) is 17.6 Å². The van der Waals surface area contributed by atoms with E-state index in [-0.39, 0.29) is 18.2 Å². The molecule has 1 saturated heterocycles. The van der Waals surface area contributed by atoms with Crippen molar-refractivity contribution in [2.75, 3.05) is 20.1 Å². The van der Waals surface area contributed by atoms with Crippen molar-refractivity contribution >= 4 is 0 Å². The van der Waals surface area contributed by atoms with Gasteiger partial charge in [0.25, 0.3) is 0 Å². The Morgan fingerprint density at radius 2 is 2.10 bits per heavy atom. The number of nitrogens with one attached hydrogen (secondary N) is 1. The van der Waals surface area contributed by atoms with Crippen LogP contribution in [0.25, 0.3) is 0 Å². The average Bonchev–Trinajstić information content (AvgIpc) is 2.40. The molecule has 1 aliphatic rings. The van der Waals surface area contributed by atoms with Crippen LogP contribution in [0.2, 0.25) is 0 Å². The highest BCUT2D eigenvalue weighted by molar-refractivity contribution is 5.30. The maximum absolute atomic E-state index is 13.0. The fraction of sp³-hybridized carbons (Fsp3) is 0.571. The van der Waals surface area contributed by atoms with Gasteiger partial charge >= 0.3 is 6.18 Å². The molecule has 1 unspecified atom stereocenters. The molecule has 2 rings (SSSR count). The number of piperidine rings is 1. The largest absolute Gasteiger partial charge is 0.416 e. The second-order valence-corrected chi connectivity index (χ2v) is 5.21. The lowest BCUT2D eigenvalue weighted by atomic mass is 10.0. The predicted octanol–water partition coefficient (Wildman–Crippen LogP) is 3.03. The number of halogens is 4. The van der Waals surface area contributed by atoms with Crippen molar-refractivity contribution in [2.45, 2.75) is 31.6 Å². The first kappa shape index (κ1) is 15.3. The quantitative estimate of drug-likeness (QED) is 0.861. The van der Waals surface area contributed by atoms with Gasteiger partial charge < -0.3 is 5.32 Å². The van der Waals surface area contributed by atoms with E-state index in [4.69, 9.17) is 0 Å². The molecule has 0 radical (unpaired) electrons. The van der Waals surface area contributed by atoms with Gasteiger partial charge in [0.05, 0.1) is 5.56 Å². The summed E-state index contributed by atoms with van der Waals surface area (Å²) < 4.78 is 51.8. The summed E-state index contributed by atoms with van der Waals surface area (Å²) in [5, 5.41) is 3.23. The van der Waals surface area contributed by atoms with Crippen molar-refractivity contribution in [1.82, 2.24) is 10.2 Å². The summed E-state index contributed by atoms with van der Waals surface area (Å²) in [5.41, 5.74) is -0.764. The number of rotatable bonds is 3. The number of benzene rings is 1. The molecule has 0 aliphatic carbocycles. The molecule has 1 heterocycles. The number of nitrogens with zero attached hydrogens (tertiary/aromatic N) is 1. The Bertz CT molecular complexity index is 453. The fourth-order valence-corrected chi connectivity index (χ4v) is 2.56. The lowest BCUT2D eigenvalue weighted by molar-refractivity contribution is -0.138. The number of hydrogen-bond acceptors (Lipinski definition) is 2. The molecule has 6 heteroatoms. The fourth-order valence-electron chi connectivity index (χ4n) is 2.56. The van der Waals surface area contributed by atoms with Crippen LogP contribution >= 0.6 is 0 Å². The van der Waals surface area contributed by atoms with Crippen LogP contribution in [0, 0.1) is 5.82 Å². The normalized spacial score (nSPS) is 20.4. The molecule has 0 saturated carbocycles. The summed E-state index contributed by atoms with van der Waals surface area (Å²) in [7, 11) is 1.81. The Morgan fingerprint density at radius 3 is 2.70 bits per heavy atom. The molecule has 0 bridgehead atoms. The van der Waals surface area contributed by atoms with Crippen molar-refractivity contribution in [3.8, 4) is 0 Å². The predicted molar refractivity (Wildman–Crippen MR) is 68.8 cm³/mol.